The second kappa shape index (κ2) is 9.52. The number of benzene rings is 1. The van der Waals surface area contributed by atoms with Crippen LogP contribution in [0, 0.1) is 0 Å². The van der Waals surface area contributed by atoms with Crippen LogP contribution in [0.2, 0.25) is 0 Å². The van der Waals surface area contributed by atoms with E-state index in [2.05, 4.69) is 10.1 Å². The van der Waals surface area contributed by atoms with Gasteiger partial charge in [-0.1, -0.05) is 12.1 Å². The molecule has 3 aliphatic rings. The number of fused-ring (bicyclic) bond motifs is 2. The largest absolute Gasteiger partial charge is 0.573 e. The molecule has 5 rings (SSSR count). The Labute approximate surface area is 209 Å². The zero-order chi connectivity index (χ0) is 26.2. The summed E-state index contributed by atoms with van der Waals surface area (Å²) in [6.07, 6.45) is 7.62. The molecule has 2 saturated heterocycles. The van der Waals surface area contributed by atoms with Crippen molar-refractivity contribution in [3.63, 3.8) is 0 Å². The number of carbonyl (C=O) groups excluding carboxylic acids is 3. The van der Waals surface area contributed by atoms with E-state index in [0.717, 1.165) is 23.3 Å². The molecule has 3 aliphatic heterocycles. The topological polar surface area (TPSA) is 93.1 Å². The Balaban J connectivity index is 1.20. The van der Waals surface area contributed by atoms with Crippen LogP contribution < -0.4 is 10.1 Å². The number of amides is 3. The predicted octanol–water partition coefficient (Wildman–Crippen LogP) is 4.03. The molecule has 192 valence electrons. The highest BCUT2D eigenvalue weighted by molar-refractivity contribution is 5.94. The van der Waals surface area contributed by atoms with Gasteiger partial charge in [0.25, 0.3) is 5.91 Å². The van der Waals surface area contributed by atoms with E-state index in [4.69, 9.17) is 4.74 Å². The van der Waals surface area contributed by atoms with Crippen LogP contribution in [-0.4, -0.2) is 64.0 Å². The summed E-state index contributed by atoms with van der Waals surface area (Å²) in [6, 6.07) is 4.81. The maximum Gasteiger partial charge on any atom is 0.573 e. The van der Waals surface area contributed by atoms with Crippen molar-refractivity contribution >= 4 is 36.3 Å². The number of aromatic nitrogens is 1. The lowest BCUT2D eigenvalue weighted by Crippen LogP contribution is -2.50. The summed E-state index contributed by atoms with van der Waals surface area (Å²) in [5.74, 6) is -0.724. The van der Waals surface area contributed by atoms with Gasteiger partial charge in [-0.05, 0) is 42.3 Å². The van der Waals surface area contributed by atoms with Gasteiger partial charge in [-0.2, -0.15) is 0 Å². The van der Waals surface area contributed by atoms with Crippen molar-refractivity contribution in [2.24, 2.45) is 0 Å². The fourth-order valence-corrected chi connectivity index (χ4v) is 4.29. The highest BCUT2D eigenvalue weighted by atomic mass is 19.4. The summed E-state index contributed by atoms with van der Waals surface area (Å²) < 4.78 is 47.3. The number of rotatable bonds is 3. The van der Waals surface area contributed by atoms with Crippen LogP contribution in [-0.2, 0) is 9.53 Å². The van der Waals surface area contributed by atoms with Gasteiger partial charge < -0.3 is 19.7 Å². The lowest BCUT2D eigenvalue weighted by Gasteiger charge is -2.32. The molecule has 12 heteroatoms. The van der Waals surface area contributed by atoms with E-state index in [1.807, 2.05) is 0 Å². The van der Waals surface area contributed by atoms with E-state index in [9.17, 15) is 27.6 Å². The second-order valence-corrected chi connectivity index (χ2v) is 8.62. The van der Waals surface area contributed by atoms with Gasteiger partial charge in [0.15, 0.2) is 0 Å². The molecule has 2 atom stereocenters. The van der Waals surface area contributed by atoms with E-state index >= 15 is 0 Å². The molecule has 0 spiro atoms. The van der Waals surface area contributed by atoms with Crippen LogP contribution in [0.25, 0.3) is 18.2 Å². The number of ether oxygens (including phenoxy) is 2. The molecule has 0 radical (unpaired) electrons. The maximum absolute atomic E-state index is 13.0. The van der Waals surface area contributed by atoms with Gasteiger partial charge in [0.2, 0.25) is 0 Å². The zero-order valence-electron chi connectivity index (χ0n) is 19.2. The van der Waals surface area contributed by atoms with Crippen molar-refractivity contribution < 1.29 is 37.0 Å². The second-order valence-electron chi connectivity index (χ2n) is 8.62. The summed E-state index contributed by atoms with van der Waals surface area (Å²) in [5.41, 5.74) is 1.98. The van der Waals surface area contributed by atoms with Gasteiger partial charge >= 0.3 is 18.5 Å². The van der Waals surface area contributed by atoms with Crippen LogP contribution in [0.1, 0.15) is 23.1 Å². The number of alkyl carbamates (subject to hydrolysis) is 1. The first kappa shape index (κ1) is 24.2. The van der Waals surface area contributed by atoms with E-state index in [-0.39, 0.29) is 29.8 Å². The Morgan fingerprint density at radius 3 is 2.41 bits per heavy atom. The molecule has 4 heterocycles. The lowest BCUT2D eigenvalue weighted by molar-refractivity contribution is -0.274. The van der Waals surface area contributed by atoms with Crippen molar-refractivity contribution in [2.45, 2.75) is 24.9 Å². The fourth-order valence-electron chi connectivity index (χ4n) is 4.29. The lowest BCUT2D eigenvalue weighted by atomic mass is 10.0. The van der Waals surface area contributed by atoms with Crippen LogP contribution in [0.15, 0.2) is 55.1 Å². The summed E-state index contributed by atoms with van der Waals surface area (Å²) in [5, 5.41) is 2.74. The van der Waals surface area contributed by atoms with Gasteiger partial charge in [-0.15, -0.1) is 13.2 Å². The van der Waals surface area contributed by atoms with E-state index in [1.165, 1.54) is 33.8 Å². The molecular formula is C25H21F3N4O5. The predicted molar refractivity (Wildman–Crippen MR) is 126 cm³/mol. The number of hydrogen-bond donors (Lipinski definition) is 1. The molecule has 3 amide bonds. The van der Waals surface area contributed by atoms with Crippen molar-refractivity contribution in [1.82, 2.24) is 19.7 Å². The Morgan fingerprint density at radius 1 is 1.08 bits per heavy atom. The number of piperidine rings is 1. The number of halogens is 3. The molecule has 0 aliphatic carbocycles. The number of nitrogens with one attached hydrogen (secondary N) is 1. The molecule has 0 bridgehead atoms. The third-order valence-corrected chi connectivity index (χ3v) is 6.12. The minimum absolute atomic E-state index is 0.0795. The highest BCUT2D eigenvalue weighted by Crippen LogP contribution is 2.24. The fraction of sp³-hybridized carbons (Fsp3) is 0.240. The molecule has 0 saturated carbocycles. The van der Waals surface area contributed by atoms with Crippen molar-refractivity contribution in [3.8, 4) is 5.75 Å². The monoisotopic (exact) mass is 514 g/mol. The number of carbonyl (C=O) groups is 3. The Morgan fingerprint density at radius 2 is 1.76 bits per heavy atom. The van der Waals surface area contributed by atoms with E-state index in [0.29, 0.717) is 25.1 Å². The molecule has 1 N–H and O–H groups in total. The van der Waals surface area contributed by atoms with E-state index in [1.54, 1.807) is 41.8 Å². The van der Waals surface area contributed by atoms with Crippen molar-refractivity contribution in [2.75, 3.05) is 13.1 Å². The Kier molecular flexibility index (Phi) is 6.24. The first-order valence-electron chi connectivity index (χ1n) is 11.4. The summed E-state index contributed by atoms with van der Waals surface area (Å²) >= 11 is 0. The van der Waals surface area contributed by atoms with Gasteiger partial charge in [-0.3, -0.25) is 14.3 Å². The molecule has 37 heavy (non-hydrogen) atoms. The van der Waals surface area contributed by atoms with Gasteiger partial charge in [0.05, 0.1) is 12.6 Å². The third kappa shape index (κ3) is 5.52. The van der Waals surface area contributed by atoms with Crippen LogP contribution in [0.4, 0.5) is 22.8 Å². The summed E-state index contributed by atoms with van der Waals surface area (Å²) in [4.78, 5) is 40.0. The average Bonchev–Trinajstić information content (AvgIpc) is 3.37. The molecule has 1 aromatic heterocycles. The summed E-state index contributed by atoms with van der Waals surface area (Å²) in [6.45, 7) is 0.800. The Hall–Kier alpha value is -4.48. The van der Waals surface area contributed by atoms with Gasteiger partial charge in [-0.25, -0.2) is 9.59 Å². The molecule has 1 aromatic carbocycles. The minimum atomic E-state index is -4.77. The normalized spacial score (nSPS) is 20.8. The molecule has 9 nitrogen and oxygen atoms in total. The molecule has 2 aromatic rings. The number of nitrogens with zero attached hydrogens (tertiary/aromatic N) is 3. The maximum atomic E-state index is 13.0. The first-order valence-corrected chi connectivity index (χ1v) is 11.4. The van der Waals surface area contributed by atoms with Crippen molar-refractivity contribution in [1.29, 1.82) is 0 Å². The minimum Gasteiger partial charge on any atom is -0.442 e. The average molecular weight is 514 g/mol. The molecular weight excluding hydrogens is 493 g/mol. The highest BCUT2D eigenvalue weighted by Gasteiger charge is 2.40. The summed E-state index contributed by atoms with van der Waals surface area (Å²) in [7, 11) is 0. The van der Waals surface area contributed by atoms with Crippen molar-refractivity contribution in [3.05, 3.63) is 71.8 Å². The standard InChI is InChI=1S/C25H21F3N4O5/c26-25(27,28)37-19-4-1-16(2-5-19)3-6-22(33)30-10-7-17-13-32(14-18(17)8-11-30)24(35)31-12-9-20-21(15-31)36-23(34)29-20/h1-8,10-11,13-14,20-21H,9,12,15H2,(H,29,34)/b6-3+/t20-,21-/m1/s1. The van der Waals surface area contributed by atoms with Crippen LogP contribution in [0.3, 0.4) is 0 Å². The number of hydrogen-bond acceptors (Lipinski definition) is 5. The van der Waals surface area contributed by atoms with Crippen LogP contribution >= 0.6 is 0 Å². The first-order chi connectivity index (χ1) is 17.6. The van der Waals surface area contributed by atoms with E-state index < -0.39 is 12.5 Å². The zero-order valence-corrected chi connectivity index (χ0v) is 19.2. The quantitative estimate of drug-likeness (QED) is 0.625. The molecule has 2 fully saturated rings. The number of alkyl halides is 3. The third-order valence-electron chi connectivity index (χ3n) is 6.12. The molecule has 0 unspecified atom stereocenters. The van der Waals surface area contributed by atoms with Crippen LogP contribution in [0.5, 0.6) is 5.75 Å². The Bertz CT molecular complexity index is 1280. The van der Waals surface area contributed by atoms with Gasteiger partial charge in [0, 0.05) is 48.5 Å². The SMILES string of the molecule is O=C1N[C@@H]2CCN(C(=O)n3cc4c(c3)C=CN(C(=O)/C=C/c3ccc(OC(F)(F)F)cc3)C=C4)C[C@H]2O1. The van der Waals surface area contributed by atoms with Gasteiger partial charge in [0.1, 0.15) is 11.9 Å². The number of likely N-dealkylation sites (tertiary alicyclic amines) is 1. The smallest absolute Gasteiger partial charge is 0.442 e.